The normalized spacial score (nSPS) is 16.8. The van der Waals surface area contributed by atoms with Crippen LogP contribution in [-0.2, 0) is 16.0 Å². The largest absolute Gasteiger partial charge is 0.443 e. The van der Waals surface area contributed by atoms with Crippen molar-refractivity contribution in [2.24, 2.45) is 0 Å². The van der Waals surface area contributed by atoms with Gasteiger partial charge in [-0.15, -0.1) is 0 Å². The minimum Gasteiger partial charge on any atom is -0.443 e. The number of unbranched alkanes of at least 4 members (excludes halogenated alkanes) is 1. The maximum absolute atomic E-state index is 12.9. The number of anilines is 2. The number of ether oxygens (including phenoxy) is 1. The van der Waals surface area contributed by atoms with Crippen molar-refractivity contribution in [3.8, 4) is 0 Å². The molecule has 0 bridgehead atoms. The Morgan fingerprint density at radius 2 is 1.83 bits per heavy atom. The van der Waals surface area contributed by atoms with Crippen LogP contribution in [-0.4, -0.2) is 36.5 Å². The molecular formula is C23H32N2O4. The fourth-order valence-electron chi connectivity index (χ4n) is 3.97. The number of Topliss-reactive ketones (excluding diaryl/α,β-unsaturated/α-hetero) is 1. The van der Waals surface area contributed by atoms with Crippen LogP contribution in [0.1, 0.15) is 82.1 Å². The Hall–Kier alpha value is -2.37. The first-order valence-corrected chi connectivity index (χ1v) is 10.7. The van der Waals surface area contributed by atoms with Gasteiger partial charge in [-0.2, -0.15) is 0 Å². The molecule has 6 nitrogen and oxygen atoms in total. The molecule has 3 rings (SSSR count). The zero-order chi connectivity index (χ0) is 21.2. The summed E-state index contributed by atoms with van der Waals surface area (Å²) >= 11 is 0. The molecule has 2 aliphatic rings. The molecular weight excluding hydrogens is 368 g/mol. The molecule has 2 heterocycles. The molecule has 2 aliphatic heterocycles. The van der Waals surface area contributed by atoms with Crippen LogP contribution in [0.2, 0.25) is 0 Å². The number of hydrogen-bond acceptors (Lipinski definition) is 4. The molecule has 1 aromatic rings. The Bertz CT molecular complexity index is 810. The molecule has 0 radical (unpaired) electrons. The highest BCUT2D eigenvalue weighted by Crippen LogP contribution is 2.40. The van der Waals surface area contributed by atoms with Gasteiger partial charge in [0.05, 0.1) is 11.4 Å². The van der Waals surface area contributed by atoms with E-state index in [-0.39, 0.29) is 11.7 Å². The van der Waals surface area contributed by atoms with E-state index in [1.165, 1.54) is 0 Å². The summed E-state index contributed by atoms with van der Waals surface area (Å²) in [6.45, 7) is 8.75. The Morgan fingerprint density at radius 3 is 2.45 bits per heavy atom. The molecule has 0 N–H and O–H groups in total. The lowest BCUT2D eigenvalue weighted by atomic mass is 9.94. The van der Waals surface area contributed by atoms with E-state index in [0.29, 0.717) is 37.2 Å². The quantitative estimate of drug-likeness (QED) is 0.661. The lowest BCUT2D eigenvalue weighted by molar-refractivity contribution is -0.117. The standard InChI is InChI=1S/C23H32N2O4/c1-5-6-10-19(26)17-14-16-9-7-13-25(22(28)29-23(2,3)4)21(16)18(15-17)24-12-8-11-20(24)27/h14-15H,5-13H2,1-4H3. The lowest BCUT2D eigenvalue weighted by Crippen LogP contribution is -2.41. The van der Waals surface area contributed by atoms with E-state index >= 15 is 0 Å². The van der Waals surface area contributed by atoms with E-state index in [1.54, 1.807) is 9.80 Å². The average molecular weight is 401 g/mol. The number of hydrogen-bond donors (Lipinski definition) is 0. The number of ketones is 1. The van der Waals surface area contributed by atoms with Crippen LogP contribution < -0.4 is 9.80 Å². The van der Waals surface area contributed by atoms with Crippen molar-refractivity contribution in [1.29, 1.82) is 0 Å². The second-order valence-electron chi connectivity index (χ2n) is 8.91. The molecule has 2 amide bonds. The van der Waals surface area contributed by atoms with E-state index in [1.807, 2.05) is 32.9 Å². The second-order valence-corrected chi connectivity index (χ2v) is 8.91. The van der Waals surface area contributed by atoms with Crippen molar-refractivity contribution in [2.45, 2.75) is 78.2 Å². The summed E-state index contributed by atoms with van der Waals surface area (Å²) in [6.07, 6.45) is 4.75. The number of rotatable bonds is 5. The molecule has 0 aromatic heterocycles. The van der Waals surface area contributed by atoms with Crippen LogP contribution in [0.25, 0.3) is 0 Å². The molecule has 0 aliphatic carbocycles. The summed E-state index contributed by atoms with van der Waals surface area (Å²) in [6, 6.07) is 3.72. The zero-order valence-electron chi connectivity index (χ0n) is 18.0. The van der Waals surface area contributed by atoms with Gasteiger partial charge >= 0.3 is 6.09 Å². The predicted molar refractivity (Wildman–Crippen MR) is 114 cm³/mol. The molecule has 0 atom stereocenters. The third-order valence-electron chi connectivity index (χ3n) is 5.32. The fourth-order valence-corrected chi connectivity index (χ4v) is 3.97. The van der Waals surface area contributed by atoms with Crippen molar-refractivity contribution >= 4 is 29.2 Å². The third-order valence-corrected chi connectivity index (χ3v) is 5.32. The topological polar surface area (TPSA) is 66.9 Å². The van der Waals surface area contributed by atoms with Crippen LogP contribution in [0.3, 0.4) is 0 Å². The smallest absolute Gasteiger partial charge is 0.414 e. The van der Waals surface area contributed by atoms with Crippen molar-refractivity contribution in [2.75, 3.05) is 22.9 Å². The van der Waals surface area contributed by atoms with E-state index in [4.69, 9.17) is 4.74 Å². The predicted octanol–water partition coefficient (Wildman–Crippen LogP) is 4.87. The zero-order valence-corrected chi connectivity index (χ0v) is 18.0. The van der Waals surface area contributed by atoms with Crippen molar-refractivity contribution in [1.82, 2.24) is 0 Å². The van der Waals surface area contributed by atoms with Crippen LogP contribution >= 0.6 is 0 Å². The van der Waals surface area contributed by atoms with Crippen molar-refractivity contribution < 1.29 is 19.1 Å². The Morgan fingerprint density at radius 1 is 1.10 bits per heavy atom. The minimum atomic E-state index is -0.603. The Kier molecular flexibility index (Phi) is 6.30. The van der Waals surface area contributed by atoms with Crippen molar-refractivity contribution in [3.63, 3.8) is 0 Å². The van der Waals surface area contributed by atoms with E-state index < -0.39 is 11.7 Å². The van der Waals surface area contributed by atoms with E-state index in [0.717, 1.165) is 43.4 Å². The second kappa shape index (κ2) is 8.56. The van der Waals surface area contributed by atoms with Gasteiger partial charge < -0.3 is 9.64 Å². The van der Waals surface area contributed by atoms with Gasteiger partial charge in [0.25, 0.3) is 0 Å². The minimum absolute atomic E-state index is 0.0417. The van der Waals surface area contributed by atoms with Crippen LogP contribution in [0.5, 0.6) is 0 Å². The highest BCUT2D eigenvalue weighted by molar-refractivity contribution is 6.06. The number of benzene rings is 1. The van der Waals surface area contributed by atoms with Gasteiger partial charge in [0.1, 0.15) is 5.60 Å². The number of nitrogens with zero attached hydrogens (tertiary/aromatic N) is 2. The highest BCUT2D eigenvalue weighted by Gasteiger charge is 2.34. The number of fused-ring (bicyclic) bond motifs is 1. The summed E-state index contributed by atoms with van der Waals surface area (Å²) in [7, 11) is 0. The average Bonchev–Trinajstić information content (AvgIpc) is 3.09. The number of carbonyl (C=O) groups is 3. The summed E-state index contributed by atoms with van der Waals surface area (Å²) in [5.74, 6) is 0.136. The molecule has 0 saturated carbocycles. The number of carbonyl (C=O) groups excluding carboxylic acids is 3. The summed E-state index contributed by atoms with van der Waals surface area (Å²) in [4.78, 5) is 41.6. The molecule has 0 unspecified atom stereocenters. The molecule has 158 valence electrons. The number of amides is 2. The van der Waals surface area contributed by atoms with E-state index in [2.05, 4.69) is 6.92 Å². The molecule has 1 aromatic carbocycles. The summed E-state index contributed by atoms with van der Waals surface area (Å²) in [5, 5.41) is 0. The van der Waals surface area contributed by atoms with Gasteiger partial charge in [0.2, 0.25) is 5.91 Å². The monoisotopic (exact) mass is 400 g/mol. The SMILES string of the molecule is CCCCC(=O)c1cc2c(c(N3CCCC3=O)c1)N(C(=O)OC(C)(C)C)CCC2. The molecule has 6 heteroatoms. The van der Waals surface area contributed by atoms with Gasteiger partial charge in [0, 0.05) is 31.5 Å². The Balaban J connectivity index is 2.06. The summed E-state index contributed by atoms with van der Waals surface area (Å²) < 4.78 is 5.63. The maximum Gasteiger partial charge on any atom is 0.414 e. The van der Waals surface area contributed by atoms with Gasteiger partial charge in [-0.05, 0) is 64.2 Å². The molecule has 0 spiro atoms. The lowest BCUT2D eigenvalue weighted by Gasteiger charge is -2.35. The van der Waals surface area contributed by atoms with Crippen LogP contribution in [0.15, 0.2) is 12.1 Å². The molecule has 1 saturated heterocycles. The van der Waals surface area contributed by atoms with Crippen LogP contribution in [0, 0.1) is 0 Å². The fraction of sp³-hybridized carbons (Fsp3) is 0.609. The number of aryl methyl sites for hydroxylation is 1. The Labute approximate surface area is 173 Å². The first-order chi connectivity index (χ1) is 13.7. The van der Waals surface area contributed by atoms with Gasteiger partial charge in [-0.25, -0.2) is 4.79 Å². The van der Waals surface area contributed by atoms with Crippen molar-refractivity contribution in [3.05, 3.63) is 23.3 Å². The first-order valence-electron chi connectivity index (χ1n) is 10.7. The first kappa shape index (κ1) is 21.3. The molecule has 29 heavy (non-hydrogen) atoms. The van der Waals surface area contributed by atoms with Gasteiger partial charge in [-0.3, -0.25) is 14.5 Å². The van der Waals surface area contributed by atoms with E-state index in [9.17, 15) is 14.4 Å². The maximum atomic E-state index is 12.9. The third kappa shape index (κ3) is 4.80. The van der Waals surface area contributed by atoms with Crippen LogP contribution in [0.4, 0.5) is 16.2 Å². The summed E-state index contributed by atoms with van der Waals surface area (Å²) in [5.41, 5.74) is 2.38. The van der Waals surface area contributed by atoms with Gasteiger partial charge in [-0.1, -0.05) is 13.3 Å². The highest BCUT2D eigenvalue weighted by atomic mass is 16.6. The van der Waals surface area contributed by atoms with Gasteiger partial charge in [0.15, 0.2) is 5.78 Å². The molecule has 1 fully saturated rings.